The molecule has 0 atom stereocenters. The molecule has 32 heavy (non-hydrogen) atoms. The predicted octanol–water partition coefficient (Wildman–Crippen LogP) is 4.78. The number of ether oxygens (including phenoxy) is 1. The summed E-state index contributed by atoms with van der Waals surface area (Å²) in [4.78, 5) is 13.4. The number of aromatic nitrogens is 4. The second kappa shape index (κ2) is 8.12. The Morgan fingerprint density at radius 3 is 2.59 bits per heavy atom. The first-order valence-corrected chi connectivity index (χ1v) is 11.0. The van der Waals surface area contributed by atoms with E-state index in [1.807, 2.05) is 53.8 Å². The summed E-state index contributed by atoms with van der Waals surface area (Å²) < 4.78 is 22.6. The molecule has 0 aliphatic rings. The molecule has 2 aromatic heterocycles. The fourth-order valence-electron chi connectivity index (χ4n) is 3.70. The maximum absolute atomic E-state index is 13.8. The molecule has 6 nitrogen and oxygen atoms in total. The number of hydrogen-bond donors (Lipinski definition) is 0. The van der Waals surface area contributed by atoms with Crippen LogP contribution in [-0.2, 0) is 5.75 Å². The van der Waals surface area contributed by atoms with Crippen molar-refractivity contribution >= 4 is 28.4 Å². The van der Waals surface area contributed by atoms with Crippen molar-refractivity contribution in [1.82, 2.24) is 19.2 Å². The predicted molar refractivity (Wildman–Crippen MR) is 123 cm³/mol. The van der Waals surface area contributed by atoms with E-state index in [1.165, 1.54) is 23.9 Å². The zero-order valence-electron chi connectivity index (χ0n) is 17.4. The zero-order valence-corrected chi connectivity index (χ0v) is 18.3. The number of halogens is 1. The molecule has 0 saturated heterocycles. The van der Waals surface area contributed by atoms with Gasteiger partial charge < -0.3 is 4.74 Å². The van der Waals surface area contributed by atoms with Crippen LogP contribution in [0.1, 0.15) is 11.1 Å². The lowest BCUT2D eigenvalue weighted by molar-refractivity contribution is 0.410. The zero-order chi connectivity index (χ0) is 22.2. The van der Waals surface area contributed by atoms with Gasteiger partial charge in [-0.25, -0.2) is 8.96 Å². The molecule has 2 heterocycles. The maximum Gasteiger partial charge on any atom is 0.267 e. The monoisotopic (exact) mass is 446 g/mol. The van der Waals surface area contributed by atoms with E-state index < -0.39 is 0 Å². The summed E-state index contributed by atoms with van der Waals surface area (Å²) in [6.45, 7) is 2.00. The Morgan fingerprint density at radius 2 is 1.81 bits per heavy atom. The third kappa shape index (κ3) is 3.42. The number of thioether (sulfide) groups is 1. The summed E-state index contributed by atoms with van der Waals surface area (Å²) in [5.41, 5.74) is 3.08. The van der Waals surface area contributed by atoms with Gasteiger partial charge in [-0.15, -0.1) is 10.2 Å². The highest BCUT2D eigenvalue weighted by Crippen LogP contribution is 2.29. The van der Waals surface area contributed by atoms with Crippen molar-refractivity contribution in [3.8, 4) is 11.4 Å². The van der Waals surface area contributed by atoms with Crippen LogP contribution < -0.4 is 10.3 Å². The quantitative estimate of drug-likeness (QED) is 0.364. The van der Waals surface area contributed by atoms with Crippen molar-refractivity contribution < 1.29 is 9.13 Å². The Labute approximate surface area is 187 Å². The average Bonchev–Trinajstić information content (AvgIpc) is 3.23. The number of nitrogens with zero attached hydrogens (tertiary/aromatic N) is 4. The molecule has 0 amide bonds. The average molecular weight is 447 g/mol. The van der Waals surface area contributed by atoms with Crippen molar-refractivity contribution in [2.24, 2.45) is 0 Å². The molecule has 0 N–H and O–H groups in total. The SMILES string of the molecule is COc1ccc(F)cc1CSc1nnc2n(-c3ccc(C)cc3)c(=O)c3ccccc3n12. The molecule has 0 spiro atoms. The van der Waals surface area contributed by atoms with E-state index in [4.69, 9.17) is 4.74 Å². The summed E-state index contributed by atoms with van der Waals surface area (Å²) >= 11 is 1.40. The standard InChI is InChI=1S/C24H19FN4O2S/c1-15-7-10-18(11-8-15)28-22(30)19-5-3-4-6-20(19)29-23(28)26-27-24(29)32-14-16-13-17(25)9-12-21(16)31-2/h3-13H,14H2,1-2H3. The molecule has 0 radical (unpaired) electrons. The van der Waals surface area contributed by atoms with Gasteiger partial charge in [-0.3, -0.25) is 9.20 Å². The van der Waals surface area contributed by atoms with E-state index in [0.717, 1.165) is 11.1 Å². The van der Waals surface area contributed by atoms with Crippen molar-refractivity contribution in [1.29, 1.82) is 0 Å². The van der Waals surface area contributed by atoms with Crippen LogP contribution >= 0.6 is 11.8 Å². The van der Waals surface area contributed by atoms with Gasteiger partial charge in [-0.2, -0.15) is 0 Å². The van der Waals surface area contributed by atoms with Crippen LogP contribution in [0, 0.1) is 12.7 Å². The van der Waals surface area contributed by atoms with Gasteiger partial charge in [-0.05, 0) is 49.4 Å². The molecule has 0 aliphatic heterocycles. The van der Waals surface area contributed by atoms with Gasteiger partial charge in [0.2, 0.25) is 5.78 Å². The Kier molecular flexibility index (Phi) is 5.14. The van der Waals surface area contributed by atoms with Crippen molar-refractivity contribution in [3.63, 3.8) is 0 Å². The largest absolute Gasteiger partial charge is 0.496 e. The van der Waals surface area contributed by atoms with Crippen LogP contribution in [0.15, 0.2) is 76.7 Å². The number of rotatable bonds is 5. The van der Waals surface area contributed by atoms with Gasteiger partial charge in [0.05, 0.1) is 23.7 Å². The molecule has 0 saturated carbocycles. The van der Waals surface area contributed by atoms with Crippen LogP contribution in [0.5, 0.6) is 5.75 Å². The third-order valence-corrected chi connectivity index (χ3v) is 6.26. The normalized spacial score (nSPS) is 11.3. The Morgan fingerprint density at radius 1 is 1.03 bits per heavy atom. The fraction of sp³-hybridized carbons (Fsp3) is 0.125. The summed E-state index contributed by atoms with van der Waals surface area (Å²) in [6, 6.07) is 19.5. The van der Waals surface area contributed by atoms with Gasteiger partial charge in [0.25, 0.3) is 5.56 Å². The second-order valence-electron chi connectivity index (χ2n) is 7.36. The number of hydrogen-bond acceptors (Lipinski definition) is 5. The Bertz CT molecular complexity index is 1510. The highest BCUT2D eigenvalue weighted by atomic mass is 32.2. The summed E-state index contributed by atoms with van der Waals surface area (Å²) in [5, 5.41) is 9.88. The van der Waals surface area contributed by atoms with Crippen molar-refractivity contribution in [2.45, 2.75) is 17.8 Å². The first-order valence-electron chi connectivity index (χ1n) is 9.98. The molecule has 8 heteroatoms. The molecular formula is C24H19FN4O2S. The minimum absolute atomic E-state index is 0.160. The van der Waals surface area contributed by atoms with E-state index in [2.05, 4.69) is 10.2 Å². The van der Waals surface area contributed by atoms with Crippen molar-refractivity contribution in [3.05, 3.63) is 94.0 Å². The number of para-hydroxylation sites is 1. The summed E-state index contributed by atoms with van der Waals surface area (Å²) in [7, 11) is 1.56. The molecule has 0 aliphatic carbocycles. The molecule has 3 aromatic carbocycles. The van der Waals surface area contributed by atoms with Crippen molar-refractivity contribution in [2.75, 3.05) is 7.11 Å². The van der Waals surface area contributed by atoms with E-state index in [0.29, 0.717) is 39.1 Å². The molecule has 0 fully saturated rings. The second-order valence-corrected chi connectivity index (χ2v) is 8.30. The lowest BCUT2D eigenvalue weighted by Crippen LogP contribution is -2.21. The van der Waals surface area contributed by atoms with E-state index in [9.17, 15) is 9.18 Å². The topological polar surface area (TPSA) is 61.4 Å². The smallest absolute Gasteiger partial charge is 0.267 e. The van der Waals surface area contributed by atoms with Gasteiger partial charge in [0, 0.05) is 11.3 Å². The first kappa shape index (κ1) is 20.3. The Balaban J connectivity index is 1.68. The van der Waals surface area contributed by atoms with Crippen LogP contribution in [0.3, 0.4) is 0 Å². The van der Waals surface area contributed by atoms with Gasteiger partial charge in [0.15, 0.2) is 5.16 Å². The highest BCUT2D eigenvalue weighted by Gasteiger charge is 2.18. The van der Waals surface area contributed by atoms with Crippen LogP contribution in [0.4, 0.5) is 4.39 Å². The van der Waals surface area contributed by atoms with Crippen LogP contribution in [-0.4, -0.2) is 26.3 Å². The van der Waals surface area contributed by atoms with Gasteiger partial charge >= 0.3 is 0 Å². The molecule has 0 bridgehead atoms. The minimum Gasteiger partial charge on any atom is -0.496 e. The molecule has 5 rings (SSSR count). The maximum atomic E-state index is 13.8. The number of fused-ring (bicyclic) bond motifs is 3. The van der Waals surface area contributed by atoms with E-state index in [-0.39, 0.29) is 11.4 Å². The third-order valence-electron chi connectivity index (χ3n) is 5.29. The van der Waals surface area contributed by atoms with E-state index >= 15 is 0 Å². The molecule has 0 unspecified atom stereocenters. The molecule has 160 valence electrons. The number of benzene rings is 3. The minimum atomic E-state index is -0.328. The first-order chi connectivity index (χ1) is 15.6. The van der Waals surface area contributed by atoms with Gasteiger partial charge in [-0.1, -0.05) is 41.6 Å². The number of methoxy groups -OCH3 is 1. The molecule has 5 aromatic rings. The van der Waals surface area contributed by atoms with Crippen LogP contribution in [0.2, 0.25) is 0 Å². The fourth-order valence-corrected chi connectivity index (χ4v) is 4.62. The lowest BCUT2D eigenvalue weighted by atomic mass is 10.2. The summed E-state index contributed by atoms with van der Waals surface area (Å²) in [5.74, 6) is 1.13. The molecular weight excluding hydrogens is 427 g/mol. The van der Waals surface area contributed by atoms with E-state index in [1.54, 1.807) is 23.8 Å². The summed E-state index contributed by atoms with van der Waals surface area (Å²) in [6.07, 6.45) is 0. The van der Waals surface area contributed by atoms with Gasteiger partial charge in [0.1, 0.15) is 11.6 Å². The lowest BCUT2D eigenvalue weighted by Gasteiger charge is -2.12. The van der Waals surface area contributed by atoms with Crippen LogP contribution in [0.25, 0.3) is 22.4 Å². The highest BCUT2D eigenvalue weighted by molar-refractivity contribution is 7.98. The Hall–Kier alpha value is -3.65. The number of aryl methyl sites for hydroxylation is 1.